The van der Waals surface area contributed by atoms with E-state index < -0.39 is 5.91 Å². The molecule has 5 nitrogen and oxygen atoms in total. The van der Waals surface area contributed by atoms with Crippen molar-refractivity contribution in [1.29, 1.82) is 5.26 Å². The van der Waals surface area contributed by atoms with Crippen LogP contribution in [0.4, 0.5) is 5.69 Å². The molecule has 0 aliphatic carbocycles. The number of nitriles is 1. The van der Waals surface area contributed by atoms with E-state index in [-0.39, 0.29) is 5.57 Å². The van der Waals surface area contributed by atoms with Gasteiger partial charge in [0.1, 0.15) is 29.7 Å². The molecule has 0 aromatic heterocycles. The molecule has 6 heteroatoms. The van der Waals surface area contributed by atoms with E-state index >= 15 is 0 Å². The molecule has 1 N–H and O–H groups in total. The molecule has 3 aromatic rings. The van der Waals surface area contributed by atoms with E-state index in [1.165, 1.54) is 6.08 Å². The monoisotopic (exact) mass is 418 g/mol. The Bertz CT molecular complexity index is 1080. The van der Waals surface area contributed by atoms with Gasteiger partial charge in [0.2, 0.25) is 0 Å². The fourth-order valence-corrected chi connectivity index (χ4v) is 2.85. The Morgan fingerprint density at radius 1 is 1.07 bits per heavy atom. The number of nitrogens with one attached hydrogen (secondary N) is 1. The quantitative estimate of drug-likeness (QED) is 0.407. The van der Waals surface area contributed by atoms with Crippen molar-refractivity contribution in [3.8, 4) is 17.6 Å². The highest BCUT2D eigenvalue weighted by molar-refractivity contribution is 6.30. The summed E-state index contributed by atoms with van der Waals surface area (Å²) < 4.78 is 10.8. The summed E-state index contributed by atoms with van der Waals surface area (Å²) >= 11 is 5.97. The predicted molar refractivity (Wildman–Crippen MR) is 117 cm³/mol. The third kappa shape index (κ3) is 5.87. The number of anilines is 1. The number of ether oxygens (including phenoxy) is 2. The van der Waals surface area contributed by atoms with Gasteiger partial charge >= 0.3 is 0 Å². The van der Waals surface area contributed by atoms with Crippen LogP contribution in [0.2, 0.25) is 5.02 Å². The zero-order valence-electron chi connectivity index (χ0n) is 16.3. The fraction of sp³-hybridized carbons (Fsp3) is 0.0833. The van der Waals surface area contributed by atoms with Crippen molar-refractivity contribution in [1.82, 2.24) is 0 Å². The maximum atomic E-state index is 12.4. The second-order valence-electron chi connectivity index (χ2n) is 6.34. The lowest BCUT2D eigenvalue weighted by Crippen LogP contribution is -2.13. The largest absolute Gasteiger partial charge is 0.497 e. The van der Waals surface area contributed by atoms with E-state index in [0.29, 0.717) is 34.4 Å². The highest BCUT2D eigenvalue weighted by atomic mass is 35.5. The van der Waals surface area contributed by atoms with E-state index in [9.17, 15) is 10.1 Å². The van der Waals surface area contributed by atoms with Crippen LogP contribution in [0.1, 0.15) is 11.1 Å². The number of rotatable bonds is 7. The minimum atomic E-state index is -0.482. The summed E-state index contributed by atoms with van der Waals surface area (Å²) in [6, 6.07) is 23.4. The van der Waals surface area contributed by atoms with Crippen LogP contribution in [-0.4, -0.2) is 13.0 Å². The van der Waals surface area contributed by atoms with Gasteiger partial charge in [-0.1, -0.05) is 35.9 Å². The summed E-state index contributed by atoms with van der Waals surface area (Å²) in [5.74, 6) is 0.874. The summed E-state index contributed by atoms with van der Waals surface area (Å²) in [7, 11) is 1.57. The van der Waals surface area contributed by atoms with Crippen molar-refractivity contribution >= 4 is 29.3 Å². The molecule has 0 aliphatic heterocycles. The van der Waals surface area contributed by atoms with Gasteiger partial charge in [0.05, 0.1) is 7.11 Å². The molecule has 0 radical (unpaired) electrons. The molecule has 30 heavy (non-hydrogen) atoms. The highest BCUT2D eigenvalue weighted by Gasteiger charge is 2.10. The number of methoxy groups -OCH3 is 1. The Morgan fingerprint density at radius 2 is 1.77 bits per heavy atom. The minimum Gasteiger partial charge on any atom is -0.497 e. The zero-order valence-corrected chi connectivity index (χ0v) is 17.0. The molecule has 0 fully saturated rings. The van der Waals surface area contributed by atoms with Gasteiger partial charge in [0.15, 0.2) is 0 Å². The van der Waals surface area contributed by atoms with E-state index in [1.807, 2.05) is 30.3 Å². The standard InChI is InChI=1S/C24H19ClN2O3/c1-29-22-11-7-21(8-12-22)27-24(28)19(15-26)13-17-5-9-23(10-6-17)30-16-18-3-2-4-20(25)14-18/h2-14H,16H2,1H3,(H,27,28). The summed E-state index contributed by atoms with van der Waals surface area (Å²) in [5.41, 5.74) is 2.25. The Hall–Kier alpha value is -3.75. The Balaban J connectivity index is 1.63. The normalized spacial score (nSPS) is 10.8. The number of benzene rings is 3. The Morgan fingerprint density at radius 3 is 2.40 bits per heavy atom. The maximum absolute atomic E-state index is 12.4. The SMILES string of the molecule is COc1ccc(NC(=O)C(C#N)=Cc2ccc(OCc3cccc(Cl)c3)cc2)cc1. The van der Waals surface area contributed by atoms with Crippen molar-refractivity contribution in [3.05, 3.63) is 94.5 Å². The summed E-state index contributed by atoms with van der Waals surface area (Å²) in [6.45, 7) is 0.392. The number of hydrogen-bond donors (Lipinski definition) is 1. The topological polar surface area (TPSA) is 71.3 Å². The predicted octanol–water partition coefficient (Wildman–Crippen LogP) is 5.47. The second kappa shape index (κ2) is 10.1. The molecule has 1 amide bonds. The van der Waals surface area contributed by atoms with Gasteiger partial charge in [-0.15, -0.1) is 0 Å². The molecule has 0 spiro atoms. The smallest absolute Gasteiger partial charge is 0.266 e. The van der Waals surface area contributed by atoms with Gasteiger partial charge < -0.3 is 14.8 Å². The lowest BCUT2D eigenvalue weighted by atomic mass is 10.1. The fourth-order valence-electron chi connectivity index (χ4n) is 2.64. The van der Waals surface area contributed by atoms with Crippen LogP contribution in [0.5, 0.6) is 11.5 Å². The van der Waals surface area contributed by atoms with Gasteiger partial charge in [-0.3, -0.25) is 4.79 Å². The Labute approximate surface area is 180 Å². The molecule has 0 heterocycles. The van der Waals surface area contributed by atoms with Crippen LogP contribution in [0.15, 0.2) is 78.4 Å². The average Bonchev–Trinajstić information content (AvgIpc) is 2.77. The van der Waals surface area contributed by atoms with Gasteiger partial charge in [-0.25, -0.2) is 0 Å². The molecule has 0 saturated heterocycles. The van der Waals surface area contributed by atoms with Crippen LogP contribution in [0.3, 0.4) is 0 Å². The van der Waals surface area contributed by atoms with Gasteiger partial charge in [0, 0.05) is 10.7 Å². The maximum Gasteiger partial charge on any atom is 0.266 e. The number of halogens is 1. The zero-order chi connectivity index (χ0) is 21.3. The average molecular weight is 419 g/mol. The van der Waals surface area contributed by atoms with Crippen molar-refractivity contribution in [2.24, 2.45) is 0 Å². The number of amides is 1. The first-order valence-corrected chi connectivity index (χ1v) is 9.49. The highest BCUT2D eigenvalue weighted by Crippen LogP contribution is 2.19. The number of hydrogen-bond acceptors (Lipinski definition) is 4. The van der Waals surface area contributed by atoms with Gasteiger partial charge in [-0.05, 0) is 65.7 Å². The second-order valence-corrected chi connectivity index (χ2v) is 6.78. The third-order valence-corrected chi connectivity index (χ3v) is 4.43. The molecular formula is C24H19ClN2O3. The molecule has 0 unspecified atom stereocenters. The molecule has 3 rings (SSSR count). The van der Waals surface area contributed by atoms with E-state index in [4.69, 9.17) is 21.1 Å². The van der Waals surface area contributed by atoms with Crippen LogP contribution in [0.25, 0.3) is 6.08 Å². The molecule has 3 aromatic carbocycles. The van der Waals surface area contributed by atoms with Crippen molar-refractivity contribution in [2.45, 2.75) is 6.61 Å². The first kappa shape index (κ1) is 21.0. The molecule has 150 valence electrons. The van der Waals surface area contributed by atoms with Crippen LogP contribution < -0.4 is 14.8 Å². The summed E-state index contributed by atoms with van der Waals surface area (Å²) in [5, 5.41) is 12.7. The molecule has 0 atom stereocenters. The minimum absolute atomic E-state index is 0.00147. The molecule has 0 bridgehead atoms. The van der Waals surface area contributed by atoms with E-state index in [2.05, 4.69) is 5.32 Å². The van der Waals surface area contributed by atoms with Gasteiger partial charge in [0.25, 0.3) is 5.91 Å². The van der Waals surface area contributed by atoms with Gasteiger partial charge in [-0.2, -0.15) is 5.26 Å². The number of carbonyl (C=O) groups is 1. The van der Waals surface area contributed by atoms with E-state index in [1.54, 1.807) is 55.6 Å². The first-order valence-electron chi connectivity index (χ1n) is 9.12. The Kier molecular flexibility index (Phi) is 7.09. The molecule has 0 saturated carbocycles. The summed E-state index contributed by atoms with van der Waals surface area (Å²) in [6.07, 6.45) is 1.53. The summed E-state index contributed by atoms with van der Waals surface area (Å²) in [4.78, 5) is 12.4. The van der Waals surface area contributed by atoms with E-state index in [0.717, 1.165) is 5.56 Å². The molecule has 0 aliphatic rings. The van der Waals surface area contributed by atoms with Crippen LogP contribution in [0, 0.1) is 11.3 Å². The molecular weight excluding hydrogens is 400 g/mol. The van der Waals surface area contributed by atoms with Crippen molar-refractivity contribution in [2.75, 3.05) is 12.4 Å². The van der Waals surface area contributed by atoms with Crippen molar-refractivity contribution < 1.29 is 14.3 Å². The lowest BCUT2D eigenvalue weighted by Gasteiger charge is -2.07. The number of nitrogens with zero attached hydrogens (tertiary/aromatic N) is 1. The van der Waals surface area contributed by atoms with Crippen molar-refractivity contribution in [3.63, 3.8) is 0 Å². The number of carbonyl (C=O) groups excluding carboxylic acids is 1. The van der Waals surface area contributed by atoms with Crippen LogP contribution in [-0.2, 0) is 11.4 Å². The lowest BCUT2D eigenvalue weighted by molar-refractivity contribution is -0.112. The van der Waals surface area contributed by atoms with Crippen LogP contribution >= 0.6 is 11.6 Å². The first-order chi connectivity index (χ1) is 14.6. The third-order valence-electron chi connectivity index (χ3n) is 4.20.